The molecule has 1 atom stereocenters. The number of benzene rings is 1. The number of piperidine rings is 1. The average molecular weight is 385 g/mol. The molecule has 7 heteroatoms. The number of rotatable bonds is 3. The van der Waals surface area contributed by atoms with Crippen LogP contribution in [0.1, 0.15) is 45.8 Å². The molecule has 1 aromatic heterocycles. The van der Waals surface area contributed by atoms with E-state index in [0.717, 1.165) is 42.9 Å². The van der Waals surface area contributed by atoms with Gasteiger partial charge in [-0.15, -0.1) is 5.10 Å². The number of hydrogen-bond acceptors (Lipinski definition) is 5. The van der Waals surface area contributed by atoms with E-state index in [9.17, 15) is 9.59 Å². The van der Waals surface area contributed by atoms with Crippen molar-refractivity contribution in [2.45, 2.75) is 39.7 Å². The van der Waals surface area contributed by atoms with Crippen LogP contribution in [0.3, 0.4) is 0 Å². The van der Waals surface area contributed by atoms with E-state index in [-0.39, 0.29) is 11.8 Å². The van der Waals surface area contributed by atoms with Crippen LogP contribution in [0.4, 0.5) is 0 Å². The van der Waals surface area contributed by atoms with Crippen molar-refractivity contribution in [1.82, 2.24) is 19.4 Å². The molecule has 0 aliphatic carbocycles. The lowest BCUT2D eigenvalue weighted by molar-refractivity contribution is -0.146. The largest absolute Gasteiger partial charge is 0.338 e. The Morgan fingerprint density at radius 1 is 1.26 bits per heavy atom. The van der Waals surface area contributed by atoms with Gasteiger partial charge < -0.3 is 9.80 Å². The molecule has 0 saturated carbocycles. The van der Waals surface area contributed by atoms with Crippen molar-refractivity contribution < 1.29 is 9.59 Å². The van der Waals surface area contributed by atoms with Crippen LogP contribution in [0.5, 0.6) is 0 Å². The summed E-state index contributed by atoms with van der Waals surface area (Å²) >= 11 is 1.14. The predicted molar refractivity (Wildman–Crippen MR) is 103 cm³/mol. The molecular weight excluding hydrogens is 360 g/mol. The molecule has 0 bridgehead atoms. The first-order chi connectivity index (χ1) is 13.0. The van der Waals surface area contributed by atoms with Gasteiger partial charge in [-0.25, -0.2) is 0 Å². The summed E-state index contributed by atoms with van der Waals surface area (Å²) in [6.45, 7) is 6.44. The lowest BCUT2D eigenvalue weighted by Gasteiger charge is -2.39. The van der Waals surface area contributed by atoms with Crippen LogP contribution in [-0.4, -0.2) is 50.8 Å². The van der Waals surface area contributed by atoms with Gasteiger partial charge in [0.1, 0.15) is 4.88 Å². The monoisotopic (exact) mass is 384 g/mol. The summed E-state index contributed by atoms with van der Waals surface area (Å²) in [6.07, 6.45) is 2.59. The van der Waals surface area contributed by atoms with Crippen LogP contribution >= 0.6 is 11.5 Å². The van der Waals surface area contributed by atoms with Crippen molar-refractivity contribution in [3.63, 3.8) is 0 Å². The predicted octanol–water partition coefficient (Wildman–Crippen LogP) is 2.81. The highest BCUT2D eigenvalue weighted by Gasteiger charge is 2.49. The Bertz CT molecular complexity index is 880. The van der Waals surface area contributed by atoms with Crippen LogP contribution in [0, 0.1) is 19.3 Å². The van der Waals surface area contributed by atoms with Crippen molar-refractivity contribution in [2.24, 2.45) is 5.41 Å². The topological polar surface area (TPSA) is 66.4 Å². The third-order valence-corrected chi connectivity index (χ3v) is 6.58. The van der Waals surface area contributed by atoms with E-state index in [2.05, 4.69) is 34.7 Å². The molecule has 4 rings (SSSR count). The maximum Gasteiger partial charge on any atom is 0.267 e. The first-order valence-corrected chi connectivity index (χ1v) is 10.2. The molecule has 2 amide bonds. The maximum atomic E-state index is 13.3. The SMILES string of the molecule is Cc1cccc(CN2CCCC3(CCN(C(=O)c4snnc4C)C3)C2=O)c1. The second-order valence-corrected chi connectivity index (χ2v) is 8.52. The van der Waals surface area contributed by atoms with E-state index in [1.807, 2.05) is 15.9 Å². The van der Waals surface area contributed by atoms with Crippen molar-refractivity contribution in [2.75, 3.05) is 19.6 Å². The van der Waals surface area contributed by atoms with Gasteiger partial charge in [0.2, 0.25) is 5.91 Å². The fourth-order valence-electron chi connectivity index (χ4n) is 4.33. The van der Waals surface area contributed by atoms with Gasteiger partial charge in [0, 0.05) is 26.2 Å². The number of likely N-dealkylation sites (tertiary alicyclic amines) is 2. The molecule has 0 radical (unpaired) electrons. The van der Waals surface area contributed by atoms with E-state index in [4.69, 9.17) is 0 Å². The lowest BCUT2D eigenvalue weighted by Crippen LogP contribution is -2.50. The Kier molecular flexibility index (Phi) is 4.72. The fourth-order valence-corrected chi connectivity index (χ4v) is 4.95. The Hall–Kier alpha value is -2.28. The smallest absolute Gasteiger partial charge is 0.267 e. The summed E-state index contributed by atoms with van der Waals surface area (Å²) < 4.78 is 3.87. The summed E-state index contributed by atoms with van der Waals surface area (Å²) in [5.74, 6) is 0.160. The summed E-state index contributed by atoms with van der Waals surface area (Å²) in [7, 11) is 0. The third kappa shape index (κ3) is 3.36. The minimum Gasteiger partial charge on any atom is -0.338 e. The zero-order valence-electron chi connectivity index (χ0n) is 15.8. The van der Waals surface area contributed by atoms with E-state index in [1.165, 1.54) is 5.56 Å². The highest BCUT2D eigenvalue weighted by atomic mass is 32.1. The van der Waals surface area contributed by atoms with Crippen LogP contribution in [-0.2, 0) is 11.3 Å². The van der Waals surface area contributed by atoms with Crippen LogP contribution in [0.2, 0.25) is 0 Å². The second-order valence-electron chi connectivity index (χ2n) is 7.76. The Labute approximate surface area is 163 Å². The van der Waals surface area contributed by atoms with Gasteiger partial charge in [0.15, 0.2) is 0 Å². The Morgan fingerprint density at radius 2 is 2.11 bits per heavy atom. The van der Waals surface area contributed by atoms with Crippen molar-refractivity contribution in [3.8, 4) is 0 Å². The molecule has 6 nitrogen and oxygen atoms in total. The summed E-state index contributed by atoms with van der Waals surface area (Å²) in [5.41, 5.74) is 2.61. The quantitative estimate of drug-likeness (QED) is 0.816. The third-order valence-electron chi connectivity index (χ3n) is 5.77. The second kappa shape index (κ2) is 7.03. The number of aryl methyl sites for hydroxylation is 2. The molecule has 2 saturated heterocycles. The van der Waals surface area contributed by atoms with Gasteiger partial charge in [-0.1, -0.05) is 34.3 Å². The highest BCUT2D eigenvalue weighted by Crippen LogP contribution is 2.41. The van der Waals surface area contributed by atoms with E-state index in [0.29, 0.717) is 30.2 Å². The number of hydrogen-bond donors (Lipinski definition) is 0. The van der Waals surface area contributed by atoms with Gasteiger partial charge in [0.05, 0.1) is 11.1 Å². The molecule has 1 aromatic carbocycles. The number of nitrogens with zero attached hydrogens (tertiary/aromatic N) is 4. The molecule has 2 aliphatic heterocycles. The number of carbonyl (C=O) groups excluding carboxylic acids is 2. The number of aromatic nitrogens is 2. The van der Waals surface area contributed by atoms with Crippen molar-refractivity contribution in [3.05, 3.63) is 46.0 Å². The van der Waals surface area contributed by atoms with Gasteiger partial charge in [-0.2, -0.15) is 0 Å². The minimum atomic E-state index is -0.427. The molecular formula is C20H24N4O2S. The molecule has 142 valence electrons. The molecule has 1 spiro atoms. The molecule has 3 heterocycles. The van der Waals surface area contributed by atoms with Gasteiger partial charge >= 0.3 is 0 Å². The molecule has 2 aromatic rings. The first kappa shape index (κ1) is 18.1. The number of amides is 2. The van der Waals surface area contributed by atoms with Crippen molar-refractivity contribution in [1.29, 1.82) is 0 Å². The van der Waals surface area contributed by atoms with Crippen LogP contribution in [0.25, 0.3) is 0 Å². The summed E-state index contributed by atoms with van der Waals surface area (Å²) in [4.78, 5) is 30.5. The van der Waals surface area contributed by atoms with Crippen molar-refractivity contribution >= 4 is 23.3 Å². The minimum absolute atomic E-state index is 0.0389. The van der Waals surface area contributed by atoms with Gasteiger partial charge in [-0.05, 0) is 50.2 Å². The molecule has 27 heavy (non-hydrogen) atoms. The van der Waals surface area contributed by atoms with Gasteiger partial charge in [-0.3, -0.25) is 9.59 Å². The van der Waals surface area contributed by atoms with E-state index >= 15 is 0 Å². The lowest BCUT2D eigenvalue weighted by atomic mass is 9.78. The van der Waals surface area contributed by atoms with E-state index in [1.54, 1.807) is 6.92 Å². The maximum absolute atomic E-state index is 13.3. The number of carbonyl (C=O) groups is 2. The first-order valence-electron chi connectivity index (χ1n) is 9.42. The normalized spacial score (nSPS) is 22.7. The standard InChI is InChI=1S/C20H24N4O2S/c1-14-5-3-6-16(11-14)12-23-9-4-7-20(19(23)26)8-10-24(13-20)18(25)17-15(2)21-22-27-17/h3,5-6,11H,4,7-10,12-13H2,1-2H3. The fraction of sp³-hybridized carbons (Fsp3) is 0.500. The Balaban J connectivity index is 1.49. The Morgan fingerprint density at radius 3 is 2.85 bits per heavy atom. The van der Waals surface area contributed by atoms with Gasteiger partial charge in [0.25, 0.3) is 5.91 Å². The van der Waals surface area contributed by atoms with E-state index < -0.39 is 5.41 Å². The zero-order chi connectivity index (χ0) is 19.0. The molecule has 2 fully saturated rings. The van der Waals surface area contributed by atoms with Crippen LogP contribution in [0.15, 0.2) is 24.3 Å². The zero-order valence-corrected chi connectivity index (χ0v) is 16.6. The molecule has 0 N–H and O–H groups in total. The summed E-state index contributed by atoms with van der Waals surface area (Å²) in [5, 5.41) is 3.94. The van der Waals surface area contributed by atoms with Crippen LogP contribution < -0.4 is 0 Å². The summed E-state index contributed by atoms with van der Waals surface area (Å²) in [6, 6.07) is 8.32. The highest BCUT2D eigenvalue weighted by molar-refractivity contribution is 7.07. The molecule has 1 unspecified atom stereocenters. The average Bonchev–Trinajstić information content (AvgIpc) is 3.26. The molecule has 2 aliphatic rings.